The normalized spacial score (nSPS) is 13.7. The third-order valence-electron chi connectivity index (χ3n) is 3.55. The molecule has 0 radical (unpaired) electrons. The Morgan fingerprint density at radius 1 is 1.10 bits per heavy atom. The number of hydrogen-bond acceptors (Lipinski definition) is 3. The van der Waals surface area contributed by atoms with Crippen molar-refractivity contribution >= 4 is 0 Å². The fourth-order valence-electron chi connectivity index (χ4n) is 2.30. The fourth-order valence-corrected chi connectivity index (χ4v) is 2.30. The zero-order valence-electron chi connectivity index (χ0n) is 12.6. The summed E-state index contributed by atoms with van der Waals surface area (Å²) in [5, 5.41) is 13.6. The second-order valence-electron chi connectivity index (χ2n) is 5.30. The van der Waals surface area contributed by atoms with Gasteiger partial charge in [0.1, 0.15) is 5.75 Å². The van der Waals surface area contributed by atoms with Crippen LogP contribution in [-0.2, 0) is 6.54 Å². The van der Waals surface area contributed by atoms with Gasteiger partial charge in [-0.15, -0.1) is 0 Å². The molecule has 0 saturated heterocycles. The molecule has 2 rings (SSSR count). The van der Waals surface area contributed by atoms with E-state index in [2.05, 4.69) is 18.3 Å². The lowest BCUT2D eigenvalue weighted by Crippen LogP contribution is -2.27. The van der Waals surface area contributed by atoms with E-state index in [1.807, 2.05) is 48.5 Å². The Balaban J connectivity index is 1.83. The molecule has 112 valence electrons. The largest absolute Gasteiger partial charge is 0.497 e. The van der Waals surface area contributed by atoms with Crippen LogP contribution in [0.2, 0.25) is 0 Å². The third-order valence-corrected chi connectivity index (χ3v) is 3.55. The van der Waals surface area contributed by atoms with Crippen molar-refractivity contribution < 1.29 is 9.84 Å². The molecule has 2 atom stereocenters. The molecule has 0 fully saturated rings. The summed E-state index contributed by atoms with van der Waals surface area (Å²) in [7, 11) is 1.67. The second kappa shape index (κ2) is 7.81. The summed E-state index contributed by atoms with van der Waals surface area (Å²) in [6.07, 6.45) is 0.257. The van der Waals surface area contributed by atoms with Gasteiger partial charge >= 0.3 is 0 Å². The zero-order chi connectivity index (χ0) is 15.1. The average molecular weight is 285 g/mol. The van der Waals surface area contributed by atoms with Crippen molar-refractivity contribution in [1.82, 2.24) is 5.32 Å². The highest BCUT2D eigenvalue weighted by molar-refractivity contribution is 5.28. The Bertz CT molecular complexity index is 542. The van der Waals surface area contributed by atoms with Gasteiger partial charge in [-0.3, -0.25) is 0 Å². The van der Waals surface area contributed by atoms with Gasteiger partial charge < -0.3 is 15.2 Å². The first-order chi connectivity index (χ1) is 10.2. The molecule has 0 aliphatic rings. The Morgan fingerprint density at radius 3 is 2.57 bits per heavy atom. The Labute approximate surface area is 126 Å². The van der Waals surface area contributed by atoms with Crippen molar-refractivity contribution in [2.75, 3.05) is 7.11 Å². The number of ether oxygens (including phenoxy) is 1. The van der Waals surface area contributed by atoms with Crippen LogP contribution in [-0.4, -0.2) is 18.3 Å². The van der Waals surface area contributed by atoms with Crippen molar-refractivity contribution in [2.45, 2.75) is 32.0 Å². The summed E-state index contributed by atoms with van der Waals surface area (Å²) in [5.74, 6) is 0.867. The third kappa shape index (κ3) is 4.88. The van der Waals surface area contributed by atoms with Gasteiger partial charge in [0.25, 0.3) is 0 Å². The van der Waals surface area contributed by atoms with E-state index < -0.39 is 6.10 Å². The van der Waals surface area contributed by atoms with Crippen LogP contribution in [0.4, 0.5) is 0 Å². The summed E-state index contributed by atoms with van der Waals surface area (Å²) < 4.78 is 5.22. The van der Waals surface area contributed by atoms with Crippen LogP contribution in [0.25, 0.3) is 0 Å². The minimum atomic E-state index is -0.431. The van der Waals surface area contributed by atoms with Crippen molar-refractivity contribution in [3.63, 3.8) is 0 Å². The van der Waals surface area contributed by atoms with Crippen LogP contribution in [0.15, 0.2) is 54.6 Å². The maximum atomic E-state index is 10.2. The molecule has 3 nitrogen and oxygen atoms in total. The highest BCUT2D eigenvalue weighted by Gasteiger charge is 2.11. The van der Waals surface area contributed by atoms with Crippen LogP contribution >= 0.6 is 0 Å². The van der Waals surface area contributed by atoms with Crippen molar-refractivity contribution in [2.24, 2.45) is 0 Å². The van der Waals surface area contributed by atoms with Gasteiger partial charge in [-0.1, -0.05) is 42.5 Å². The Kier molecular flexibility index (Phi) is 5.78. The van der Waals surface area contributed by atoms with Gasteiger partial charge in [-0.2, -0.15) is 0 Å². The van der Waals surface area contributed by atoms with E-state index in [1.54, 1.807) is 7.11 Å². The molecule has 0 spiro atoms. The maximum absolute atomic E-state index is 10.2. The van der Waals surface area contributed by atoms with Crippen LogP contribution in [0.5, 0.6) is 5.75 Å². The molecule has 0 amide bonds. The molecule has 0 bridgehead atoms. The number of benzene rings is 2. The van der Waals surface area contributed by atoms with E-state index >= 15 is 0 Å². The fraction of sp³-hybridized carbons (Fsp3) is 0.333. The van der Waals surface area contributed by atoms with Gasteiger partial charge in [0, 0.05) is 12.6 Å². The minimum Gasteiger partial charge on any atom is -0.497 e. The van der Waals surface area contributed by atoms with Gasteiger partial charge in [0.2, 0.25) is 0 Å². The van der Waals surface area contributed by atoms with Crippen LogP contribution in [0.1, 0.15) is 30.6 Å². The van der Waals surface area contributed by atoms with Crippen molar-refractivity contribution in [3.8, 4) is 5.75 Å². The quantitative estimate of drug-likeness (QED) is 0.820. The van der Waals surface area contributed by atoms with Gasteiger partial charge in [-0.05, 0) is 36.6 Å². The number of aliphatic hydroxyl groups is 1. The minimum absolute atomic E-state index is 0.228. The second-order valence-corrected chi connectivity index (χ2v) is 5.30. The molecule has 0 saturated carbocycles. The first-order valence-electron chi connectivity index (χ1n) is 7.28. The molecule has 2 unspecified atom stereocenters. The lowest BCUT2D eigenvalue weighted by molar-refractivity contribution is 0.154. The van der Waals surface area contributed by atoms with E-state index in [9.17, 15) is 5.11 Å². The molecule has 2 aromatic rings. The predicted molar refractivity (Wildman–Crippen MR) is 85.3 cm³/mol. The molecule has 0 aliphatic heterocycles. The number of nitrogens with one attached hydrogen (secondary N) is 1. The predicted octanol–water partition coefficient (Wildman–Crippen LogP) is 3.30. The molecule has 2 N–H and O–H groups in total. The number of hydrogen-bond donors (Lipinski definition) is 2. The van der Waals surface area contributed by atoms with E-state index in [4.69, 9.17) is 4.74 Å². The van der Waals surface area contributed by atoms with Gasteiger partial charge in [-0.25, -0.2) is 0 Å². The van der Waals surface area contributed by atoms with Gasteiger partial charge in [0.05, 0.1) is 13.2 Å². The molecule has 0 aromatic heterocycles. The topological polar surface area (TPSA) is 41.5 Å². The first-order valence-corrected chi connectivity index (χ1v) is 7.28. The maximum Gasteiger partial charge on any atom is 0.119 e. The van der Waals surface area contributed by atoms with Crippen LogP contribution in [0.3, 0.4) is 0 Å². The summed E-state index contributed by atoms with van der Waals surface area (Å²) in [6.45, 7) is 2.85. The van der Waals surface area contributed by atoms with Crippen molar-refractivity contribution in [1.29, 1.82) is 0 Å². The summed E-state index contributed by atoms with van der Waals surface area (Å²) in [4.78, 5) is 0. The van der Waals surface area contributed by atoms with Crippen LogP contribution in [0, 0.1) is 0 Å². The standard InChI is InChI=1S/C18H23NO2/c1-14(11-18(20)16-8-4-3-5-9-16)19-13-15-7-6-10-17(12-15)21-2/h3-10,12,14,18-20H,11,13H2,1-2H3. The van der Waals surface area contributed by atoms with E-state index in [0.717, 1.165) is 17.9 Å². The zero-order valence-corrected chi connectivity index (χ0v) is 12.6. The average Bonchev–Trinajstić information content (AvgIpc) is 2.54. The highest BCUT2D eigenvalue weighted by atomic mass is 16.5. The molecule has 2 aromatic carbocycles. The van der Waals surface area contributed by atoms with Crippen LogP contribution < -0.4 is 10.1 Å². The highest BCUT2D eigenvalue weighted by Crippen LogP contribution is 2.18. The molecular weight excluding hydrogens is 262 g/mol. The molecular formula is C18H23NO2. The number of methoxy groups -OCH3 is 1. The number of rotatable bonds is 7. The number of aliphatic hydroxyl groups excluding tert-OH is 1. The SMILES string of the molecule is COc1cccc(CNC(C)CC(O)c2ccccc2)c1. The van der Waals surface area contributed by atoms with E-state index in [1.165, 1.54) is 5.56 Å². The summed E-state index contributed by atoms with van der Waals surface area (Å²) in [5.41, 5.74) is 2.14. The Morgan fingerprint density at radius 2 is 1.86 bits per heavy atom. The van der Waals surface area contributed by atoms with Gasteiger partial charge in [0.15, 0.2) is 0 Å². The molecule has 3 heteroatoms. The lowest BCUT2D eigenvalue weighted by atomic mass is 10.0. The van der Waals surface area contributed by atoms with E-state index in [0.29, 0.717) is 6.42 Å². The summed E-state index contributed by atoms with van der Waals surface area (Å²) in [6, 6.07) is 18.0. The van der Waals surface area contributed by atoms with E-state index in [-0.39, 0.29) is 6.04 Å². The van der Waals surface area contributed by atoms with Crippen molar-refractivity contribution in [3.05, 3.63) is 65.7 Å². The molecule has 0 aliphatic carbocycles. The molecule has 0 heterocycles. The molecule has 21 heavy (non-hydrogen) atoms. The smallest absolute Gasteiger partial charge is 0.119 e. The summed E-state index contributed by atoms with van der Waals surface area (Å²) >= 11 is 0. The lowest BCUT2D eigenvalue weighted by Gasteiger charge is -2.18. The first kappa shape index (κ1) is 15.5. The Hall–Kier alpha value is -1.84. The monoisotopic (exact) mass is 285 g/mol.